The van der Waals surface area contributed by atoms with Crippen molar-refractivity contribution in [2.24, 2.45) is 5.41 Å². The number of likely N-dealkylation sites (tertiary alicyclic amines) is 1. The molecule has 0 aromatic heterocycles. The fourth-order valence-electron chi connectivity index (χ4n) is 2.14. The smallest absolute Gasteiger partial charge is 0.253 e. The molecule has 0 spiro atoms. The standard InChI is InChI=1S/C14H18FNOS/c1-14(2)5-7-16(8-6-14)13(17)10-3-4-11(15)12(18)9-10/h3-4,9,18H,5-8H2,1-2H3. The van der Waals surface area contributed by atoms with Gasteiger partial charge in [-0.2, -0.15) is 0 Å². The predicted molar refractivity (Wildman–Crippen MR) is 72.6 cm³/mol. The highest BCUT2D eigenvalue weighted by Crippen LogP contribution is 2.30. The van der Waals surface area contributed by atoms with E-state index in [0.717, 1.165) is 25.9 Å². The molecule has 1 heterocycles. The number of hydrogen-bond acceptors (Lipinski definition) is 2. The van der Waals surface area contributed by atoms with Crippen LogP contribution in [0.2, 0.25) is 0 Å². The van der Waals surface area contributed by atoms with Crippen LogP contribution in [0.1, 0.15) is 37.0 Å². The summed E-state index contributed by atoms with van der Waals surface area (Å²) in [6.45, 7) is 5.98. The molecule has 2 rings (SSSR count). The van der Waals surface area contributed by atoms with Crippen LogP contribution in [0, 0.1) is 11.2 Å². The Kier molecular flexibility index (Phi) is 3.66. The zero-order valence-corrected chi connectivity index (χ0v) is 11.6. The Balaban J connectivity index is 2.10. The molecule has 98 valence electrons. The van der Waals surface area contributed by atoms with Gasteiger partial charge in [0, 0.05) is 23.5 Å². The highest BCUT2D eigenvalue weighted by molar-refractivity contribution is 7.80. The summed E-state index contributed by atoms with van der Waals surface area (Å²) in [5.74, 6) is -0.421. The maximum Gasteiger partial charge on any atom is 0.253 e. The zero-order valence-electron chi connectivity index (χ0n) is 10.7. The van der Waals surface area contributed by atoms with Crippen LogP contribution in [0.25, 0.3) is 0 Å². The number of amides is 1. The first-order valence-corrected chi connectivity index (χ1v) is 6.62. The minimum absolute atomic E-state index is 0.0270. The van der Waals surface area contributed by atoms with E-state index >= 15 is 0 Å². The van der Waals surface area contributed by atoms with Crippen LogP contribution in [0.4, 0.5) is 4.39 Å². The van der Waals surface area contributed by atoms with Crippen LogP contribution >= 0.6 is 12.6 Å². The average molecular weight is 267 g/mol. The van der Waals surface area contributed by atoms with E-state index in [1.165, 1.54) is 18.2 Å². The molecule has 1 aliphatic heterocycles. The van der Waals surface area contributed by atoms with Gasteiger partial charge in [0.15, 0.2) is 0 Å². The SMILES string of the molecule is CC1(C)CCN(C(=O)c2ccc(F)c(S)c2)CC1. The van der Waals surface area contributed by atoms with Gasteiger partial charge in [-0.25, -0.2) is 4.39 Å². The third-order valence-electron chi connectivity index (χ3n) is 3.60. The molecule has 1 fully saturated rings. The average Bonchev–Trinajstić information content (AvgIpc) is 2.32. The molecule has 0 radical (unpaired) electrons. The van der Waals surface area contributed by atoms with E-state index in [4.69, 9.17) is 0 Å². The first kappa shape index (κ1) is 13.4. The fourth-order valence-corrected chi connectivity index (χ4v) is 2.36. The molecular weight excluding hydrogens is 249 g/mol. The summed E-state index contributed by atoms with van der Waals surface area (Å²) in [6.07, 6.45) is 2.02. The zero-order chi connectivity index (χ0) is 13.3. The summed E-state index contributed by atoms with van der Waals surface area (Å²) >= 11 is 4.01. The number of rotatable bonds is 1. The summed E-state index contributed by atoms with van der Waals surface area (Å²) in [4.78, 5) is 14.3. The monoisotopic (exact) mass is 267 g/mol. The quantitative estimate of drug-likeness (QED) is 0.773. The summed E-state index contributed by atoms with van der Waals surface area (Å²) in [6, 6.07) is 4.32. The van der Waals surface area contributed by atoms with Crippen LogP contribution in [0.3, 0.4) is 0 Å². The van der Waals surface area contributed by atoms with Gasteiger partial charge in [-0.1, -0.05) is 13.8 Å². The number of hydrogen-bond donors (Lipinski definition) is 1. The molecule has 1 aliphatic rings. The van der Waals surface area contributed by atoms with E-state index in [1.807, 2.05) is 4.90 Å². The Morgan fingerprint density at radius 1 is 1.33 bits per heavy atom. The minimum Gasteiger partial charge on any atom is -0.339 e. The maximum atomic E-state index is 13.1. The molecule has 0 bridgehead atoms. The molecule has 0 atom stereocenters. The number of nitrogens with zero attached hydrogens (tertiary/aromatic N) is 1. The maximum absolute atomic E-state index is 13.1. The number of halogens is 1. The third-order valence-corrected chi connectivity index (χ3v) is 3.94. The van der Waals surface area contributed by atoms with E-state index in [2.05, 4.69) is 26.5 Å². The van der Waals surface area contributed by atoms with Crippen molar-refractivity contribution < 1.29 is 9.18 Å². The molecule has 0 N–H and O–H groups in total. The number of carbonyl (C=O) groups excluding carboxylic acids is 1. The predicted octanol–water partition coefficient (Wildman–Crippen LogP) is 3.38. The molecule has 1 aromatic carbocycles. The van der Waals surface area contributed by atoms with Gasteiger partial charge in [-0.3, -0.25) is 4.79 Å². The molecule has 2 nitrogen and oxygen atoms in total. The van der Waals surface area contributed by atoms with Crippen LogP contribution in [-0.2, 0) is 0 Å². The summed E-state index contributed by atoms with van der Waals surface area (Å²) in [5, 5.41) is 0. The fraction of sp³-hybridized carbons (Fsp3) is 0.500. The summed E-state index contributed by atoms with van der Waals surface area (Å²) < 4.78 is 13.1. The van der Waals surface area contributed by atoms with Crippen molar-refractivity contribution in [3.8, 4) is 0 Å². The van der Waals surface area contributed by atoms with Crippen LogP contribution in [-0.4, -0.2) is 23.9 Å². The Morgan fingerprint density at radius 2 is 1.94 bits per heavy atom. The van der Waals surface area contributed by atoms with Crippen LogP contribution in [0.5, 0.6) is 0 Å². The number of thiol groups is 1. The second kappa shape index (κ2) is 4.92. The van der Waals surface area contributed by atoms with Gasteiger partial charge in [0.2, 0.25) is 0 Å². The van der Waals surface area contributed by atoms with Gasteiger partial charge >= 0.3 is 0 Å². The van der Waals surface area contributed by atoms with Crippen LogP contribution in [0.15, 0.2) is 23.1 Å². The second-order valence-corrected chi connectivity index (χ2v) is 6.10. The van der Waals surface area contributed by atoms with Gasteiger partial charge < -0.3 is 4.90 Å². The first-order valence-electron chi connectivity index (χ1n) is 6.17. The van der Waals surface area contributed by atoms with Gasteiger partial charge in [0.25, 0.3) is 5.91 Å². The highest BCUT2D eigenvalue weighted by atomic mass is 32.1. The molecule has 18 heavy (non-hydrogen) atoms. The van der Waals surface area contributed by atoms with Crippen molar-refractivity contribution in [2.45, 2.75) is 31.6 Å². The number of benzene rings is 1. The minimum atomic E-state index is -0.394. The Labute approximate surface area is 113 Å². The van der Waals surface area contributed by atoms with Crippen molar-refractivity contribution in [3.63, 3.8) is 0 Å². The summed E-state index contributed by atoms with van der Waals surface area (Å²) in [5.41, 5.74) is 0.829. The van der Waals surface area contributed by atoms with Crippen molar-refractivity contribution in [1.29, 1.82) is 0 Å². The molecule has 1 amide bonds. The molecule has 4 heteroatoms. The van der Waals surface area contributed by atoms with Crippen molar-refractivity contribution in [2.75, 3.05) is 13.1 Å². The van der Waals surface area contributed by atoms with Gasteiger partial charge in [-0.05, 0) is 36.5 Å². The molecule has 1 saturated heterocycles. The number of carbonyl (C=O) groups is 1. The lowest BCUT2D eigenvalue weighted by molar-refractivity contribution is 0.0630. The molecule has 0 aliphatic carbocycles. The van der Waals surface area contributed by atoms with E-state index in [-0.39, 0.29) is 10.8 Å². The molecule has 0 unspecified atom stereocenters. The van der Waals surface area contributed by atoms with E-state index in [0.29, 0.717) is 11.0 Å². The molecule has 0 saturated carbocycles. The van der Waals surface area contributed by atoms with E-state index in [1.54, 1.807) is 0 Å². The van der Waals surface area contributed by atoms with Crippen molar-refractivity contribution >= 4 is 18.5 Å². The topological polar surface area (TPSA) is 20.3 Å². The lowest BCUT2D eigenvalue weighted by atomic mass is 9.82. The van der Waals surface area contributed by atoms with Gasteiger partial charge in [-0.15, -0.1) is 12.6 Å². The normalized spacial score (nSPS) is 18.8. The second-order valence-electron chi connectivity index (χ2n) is 5.62. The lowest BCUT2D eigenvalue weighted by Gasteiger charge is -2.37. The van der Waals surface area contributed by atoms with E-state index < -0.39 is 5.82 Å². The lowest BCUT2D eigenvalue weighted by Crippen LogP contribution is -2.41. The third kappa shape index (κ3) is 2.86. The van der Waals surface area contributed by atoms with Crippen molar-refractivity contribution in [3.05, 3.63) is 29.6 Å². The van der Waals surface area contributed by atoms with Gasteiger partial charge in [0.05, 0.1) is 0 Å². The Hall–Kier alpha value is -1.03. The first-order chi connectivity index (χ1) is 8.39. The van der Waals surface area contributed by atoms with Crippen molar-refractivity contribution in [1.82, 2.24) is 4.90 Å². The van der Waals surface area contributed by atoms with Crippen LogP contribution < -0.4 is 0 Å². The summed E-state index contributed by atoms with van der Waals surface area (Å²) in [7, 11) is 0. The van der Waals surface area contributed by atoms with Gasteiger partial charge in [0.1, 0.15) is 5.82 Å². The molecule has 1 aromatic rings. The Morgan fingerprint density at radius 3 is 2.50 bits per heavy atom. The largest absolute Gasteiger partial charge is 0.339 e. The Bertz CT molecular complexity index is 463. The van der Waals surface area contributed by atoms with E-state index in [9.17, 15) is 9.18 Å². The molecular formula is C14H18FNOS. The number of piperidine rings is 1. The highest BCUT2D eigenvalue weighted by Gasteiger charge is 2.28.